The van der Waals surface area contributed by atoms with E-state index in [2.05, 4.69) is 15.5 Å². The predicted molar refractivity (Wildman–Crippen MR) is 129 cm³/mol. The van der Waals surface area contributed by atoms with Crippen molar-refractivity contribution in [1.82, 2.24) is 25.7 Å². The van der Waals surface area contributed by atoms with Crippen molar-refractivity contribution in [3.8, 4) is 0 Å². The summed E-state index contributed by atoms with van der Waals surface area (Å²) in [5, 5.41) is 13.5. The maximum absolute atomic E-state index is 13.7. The first-order valence-corrected chi connectivity index (χ1v) is 12.1. The number of rotatable bonds is 7. The predicted octanol–water partition coefficient (Wildman–Crippen LogP) is 1.46. The molecule has 1 saturated heterocycles. The van der Waals surface area contributed by atoms with Gasteiger partial charge in [-0.05, 0) is 23.2 Å². The topological polar surface area (TPSA) is 147 Å². The summed E-state index contributed by atoms with van der Waals surface area (Å²) in [6, 6.07) is 2.99. The highest BCUT2D eigenvalue weighted by atomic mass is 19.4. The first kappa shape index (κ1) is 27.3. The first-order chi connectivity index (χ1) is 17.7. The fourth-order valence-electron chi connectivity index (χ4n) is 5.49. The van der Waals surface area contributed by atoms with Crippen LogP contribution in [0.25, 0.3) is 10.8 Å². The molecule has 5 atom stereocenters. The van der Waals surface area contributed by atoms with Crippen LogP contribution < -0.4 is 16.4 Å². The molecule has 2 aromatic rings. The second-order valence-corrected chi connectivity index (χ2v) is 10.7. The summed E-state index contributed by atoms with van der Waals surface area (Å²) in [5.74, 6) is -5.71. The quantitative estimate of drug-likeness (QED) is 0.490. The van der Waals surface area contributed by atoms with Gasteiger partial charge in [0.15, 0.2) is 6.04 Å². The standard InChI is InChI=1S/C25H29F3N6O4/c1-11(2)16(32-23(38)25(26,27)28)22(37)34-10-14-15(24(14,3)4)19(34)21(36)31-18(20(29)35)17-13-8-6-5-7-12(13)9-30-33-17/h5-9,11,14-16,18-19H,10H2,1-4H3,(H2,29,35)(H,31,36)(H,32,38)/t14-,15-,16-,18?,19-/m0/s1. The van der Waals surface area contributed by atoms with Crippen LogP contribution in [0.1, 0.15) is 39.4 Å². The molecule has 1 aliphatic heterocycles. The zero-order valence-electron chi connectivity index (χ0n) is 21.2. The van der Waals surface area contributed by atoms with Crippen molar-refractivity contribution in [1.29, 1.82) is 0 Å². The minimum atomic E-state index is -5.17. The van der Waals surface area contributed by atoms with Crippen LogP contribution in [0.15, 0.2) is 30.5 Å². The van der Waals surface area contributed by atoms with Crippen LogP contribution in [0.2, 0.25) is 0 Å². The fraction of sp³-hybridized carbons (Fsp3) is 0.520. The van der Waals surface area contributed by atoms with Gasteiger partial charge in [-0.2, -0.15) is 23.4 Å². The Morgan fingerprint density at radius 2 is 1.79 bits per heavy atom. The zero-order chi connectivity index (χ0) is 28.2. The van der Waals surface area contributed by atoms with Gasteiger partial charge in [-0.25, -0.2) is 0 Å². The number of nitrogens with two attached hydrogens (primary N) is 1. The average Bonchev–Trinajstić information content (AvgIpc) is 3.16. The van der Waals surface area contributed by atoms with Crippen molar-refractivity contribution in [2.24, 2.45) is 28.9 Å². The molecule has 13 heteroatoms. The van der Waals surface area contributed by atoms with Crippen molar-refractivity contribution in [3.63, 3.8) is 0 Å². The molecule has 2 aliphatic rings. The monoisotopic (exact) mass is 534 g/mol. The minimum Gasteiger partial charge on any atom is -0.368 e. The second-order valence-electron chi connectivity index (χ2n) is 10.7. The Balaban J connectivity index is 1.63. The maximum atomic E-state index is 13.7. The van der Waals surface area contributed by atoms with Crippen LogP contribution >= 0.6 is 0 Å². The SMILES string of the molecule is CC(C)[C@H](NC(=O)C(F)(F)F)C(=O)N1C[C@H]2[C@@H]([C@H]1C(=O)NC(C(N)=O)c1nncc3ccccc13)C2(C)C. The van der Waals surface area contributed by atoms with Crippen molar-refractivity contribution in [3.05, 3.63) is 36.2 Å². The van der Waals surface area contributed by atoms with Crippen molar-refractivity contribution in [2.45, 2.75) is 52.0 Å². The van der Waals surface area contributed by atoms with E-state index in [9.17, 15) is 32.3 Å². The largest absolute Gasteiger partial charge is 0.471 e. The van der Waals surface area contributed by atoms with E-state index < -0.39 is 53.8 Å². The van der Waals surface area contributed by atoms with E-state index in [4.69, 9.17) is 5.73 Å². The lowest BCUT2D eigenvalue weighted by Crippen LogP contribution is -2.59. The third-order valence-corrected chi connectivity index (χ3v) is 7.68. The van der Waals surface area contributed by atoms with Gasteiger partial charge in [0.05, 0.1) is 6.20 Å². The van der Waals surface area contributed by atoms with Gasteiger partial charge in [-0.15, -0.1) is 0 Å². The Kier molecular flexibility index (Phi) is 6.83. The minimum absolute atomic E-state index is 0.0855. The summed E-state index contributed by atoms with van der Waals surface area (Å²) < 4.78 is 38.8. The Hall–Kier alpha value is -3.77. The lowest BCUT2D eigenvalue weighted by molar-refractivity contribution is -0.175. The summed E-state index contributed by atoms with van der Waals surface area (Å²) in [7, 11) is 0. The molecule has 2 fully saturated rings. The van der Waals surface area contributed by atoms with Gasteiger partial charge >= 0.3 is 12.1 Å². The molecule has 1 aromatic heterocycles. The average molecular weight is 535 g/mol. The van der Waals surface area contributed by atoms with E-state index in [-0.39, 0.29) is 29.5 Å². The summed E-state index contributed by atoms with van der Waals surface area (Å²) in [4.78, 5) is 52.4. The molecule has 1 saturated carbocycles. The Bertz CT molecular complexity index is 1290. The molecule has 4 amide bonds. The van der Waals surface area contributed by atoms with Gasteiger partial charge < -0.3 is 21.3 Å². The molecule has 0 bridgehead atoms. The zero-order valence-corrected chi connectivity index (χ0v) is 21.2. The van der Waals surface area contributed by atoms with Crippen molar-refractivity contribution in [2.75, 3.05) is 6.54 Å². The summed E-state index contributed by atoms with van der Waals surface area (Å²) >= 11 is 0. The number of nitrogens with one attached hydrogen (secondary N) is 2. The summed E-state index contributed by atoms with van der Waals surface area (Å²) in [5.41, 5.74) is 5.44. The second kappa shape index (κ2) is 9.52. The highest BCUT2D eigenvalue weighted by molar-refractivity contribution is 5.97. The molecule has 204 valence electrons. The van der Waals surface area contributed by atoms with Gasteiger partial charge in [0, 0.05) is 17.3 Å². The molecular weight excluding hydrogens is 505 g/mol. The Morgan fingerprint density at radius 3 is 2.39 bits per heavy atom. The number of hydrogen-bond donors (Lipinski definition) is 3. The molecule has 4 N–H and O–H groups in total. The van der Waals surface area contributed by atoms with Crippen molar-refractivity contribution < 1.29 is 32.3 Å². The van der Waals surface area contributed by atoms with E-state index in [0.717, 1.165) is 0 Å². The number of carbonyl (C=O) groups excluding carboxylic acids is 4. The lowest BCUT2D eigenvalue weighted by atomic mass is 9.97. The molecule has 4 rings (SSSR count). The number of halogens is 3. The van der Waals surface area contributed by atoms with E-state index >= 15 is 0 Å². The molecule has 10 nitrogen and oxygen atoms in total. The summed E-state index contributed by atoms with van der Waals surface area (Å²) in [6.07, 6.45) is -3.68. The van der Waals surface area contributed by atoms with Crippen LogP contribution in [-0.4, -0.2) is 63.5 Å². The Morgan fingerprint density at radius 1 is 1.13 bits per heavy atom. The van der Waals surface area contributed by atoms with Crippen LogP contribution in [0.4, 0.5) is 13.2 Å². The maximum Gasteiger partial charge on any atom is 0.471 e. The number of alkyl halides is 3. The molecule has 0 radical (unpaired) electrons. The molecule has 38 heavy (non-hydrogen) atoms. The molecule has 0 spiro atoms. The van der Waals surface area contributed by atoms with Crippen molar-refractivity contribution >= 4 is 34.4 Å². The number of carbonyl (C=O) groups is 4. The van der Waals surface area contributed by atoms with Crippen LogP contribution in [0.3, 0.4) is 0 Å². The van der Waals surface area contributed by atoms with E-state index in [1.807, 2.05) is 13.8 Å². The number of aromatic nitrogens is 2. The number of benzene rings is 1. The fourth-order valence-corrected chi connectivity index (χ4v) is 5.49. The molecule has 1 aromatic carbocycles. The van der Waals surface area contributed by atoms with E-state index in [1.54, 1.807) is 29.6 Å². The molecular formula is C25H29F3N6O4. The normalized spacial score (nSPS) is 23.5. The summed E-state index contributed by atoms with van der Waals surface area (Å²) in [6.45, 7) is 6.97. The van der Waals surface area contributed by atoms with Gasteiger partial charge in [0.2, 0.25) is 17.7 Å². The number of fused-ring (bicyclic) bond motifs is 2. The number of amides is 4. The number of hydrogen-bond acceptors (Lipinski definition) is 6. The Labute approximate surface area is 216 Å². The highest BCUT2D eigenvalue weighted by Crippen LogP contribution is 2.65. The molecule has 2 heterocycles. The smallest absolute Gasteiger partial charge is 0.368 e. The molecule has 1 unspecified atom stereocenters. The van der Waals surface area contributed by atoms with Gasteiger partial charge in [0.1, 0.15) is 17.8 Å². The lowest BCUT2D eigenvalue weighted by Gasteiger charge is -2.34. The first-order valence-electron chi connectivity index (χ1n) is 12.1. The number of nitrogens with zero attached hydrogens (tertiary/aromatic N) is 3. The number of primary amides is 1. The van der Waals surface area contributed by atoms with Gasteiger partial charge in [-0.1, -0.05) is 52.0 Å². The molecule has 1 aliphatic carbocycles. The third-order valence-electron chi connectivity index (χ3n) is 7.68. The highest BCUT2D eigenvalue weighted by Gasteiger charge is 2.69. The van der Waals surface area contributed by atoms with Crippen LogP contribution in [0.5, 0.6) is 0 Å². The van der Waals surface area contributed by atoms with Gasteiger partial charge in [0.25, 0.3) is 0 Å². The van der Waals surface area contributed by atoms with Crippen LogP contribution in [-0.2, 0) is 19.2 Å². The van der Waals surface area contributed by atoms with E-state index in [0.29, 0.717) is 10.8 Å². The number of piperidine rings is 1. The number of likely N-dealkylation sites (tertiary alicyclic amines) is 1. The van der Waals surface area contributed by atoms with Crippen LogP contribution in [0, 0.1) is 23.2 Å². The van der Waals surface area contributed by atoms with Gasteiger partial charge in [-0.3, -0.25) is 19.2 Å². The third kappa shape index (κ3) is 4.76. The van der Waals surface area contributed by atoms with E-state index in [1.165, 1.54) is 24.9 Å².